The lowest BCUT2D eigenvalue weighted by Gasteiger charge is -2.27. The number of alkyl halides is 3. The van der Waals surface area contributed by atoms with Gasteiger partial charge in [-0.25, -0.2) is 4.79 Å². The van der Waals surface area contributed by atoms with E-state index in [1.54, 1.807) is 0 Å². The fourth-order valence-electron chi connectivity index (χ4n) is 1.31. The number of hydrogen-bond acceptors (Lipinski definition) is 2. The first-order valence-electron chi connectivity index (χ1n) is 5.28. The number of rotatable bonds is 2. The van der Waals surface area contributed by atoms with Gasteiger partial charge in [0, 0.05) is 7.05 Å². The Hall–Kier alpha value is -1.18. The zero-order valence-corrected chi connectivity index (χ0v) is 11.9. The number of halogens is 5. The van der Waals surface area contributed by atoms with Crippen molar-refractivity contribution in [2.75, 3.05) is 12.4 Å². The van der Waals surface area contributed by atoms with Crippen LogP contribution in [0.25, 0.3) is 0 Å². The van der Waals surface area contributed by atoms with E-state index >= 15 is 0 Å². The van der Waals surface area contributed by atoms with Crippen molar-refractivity contribution >= 4 is 34.9 Å². The third kappa shape index (κ3) is 3.28. The number of hydrogen-bond donors (Lipinski definition) is 3. The molecule has 0 aliphatic carbocycles. The molecule has 0 heterocycles. The van der Waals surface area contributed by atoms with Gasteiger partial charge in [-0.1, -0.05) is 23.2 Å². The molecule has 0 spiro atoms. The summed E-state index contributed by atoms with van der Waals surface area (Å²) in [6.45, 7) is 0.584. The highest BCUT2D eigenvalue weighted by atomic mass is 35.5. The van der Waals surface area contributed by atoms with Crippen LogP contribution in [0.3, 0.4) is 0 Å². The monoisotopic (exact) mass is 330 g/mol. The predicted molar refractivity (Wildman–Crippen MR) is 70.2 cm³/mol. The molecule has 4 nitrogen and oxygen atoms in total. The molecule has 3 N–H and O–H groups in total. The first-order valence-corrected chi connectivity index (χ1v) is 6.03. The molecule has 1 atom stereocenters. The number of carbonyl (C=O) groups excluding carboxylic acids is 1. The predicted octanol–water partition coefficient (Wildman–Crippen LogP) is 3.51. The van der Waals surface area contributed by atoms with E-state index in [1.807, 2.05) is 0 Å². The van der Waals surface area contributed by atoms with Crippen LogP contribution in [0.1, 0.15) is 12.5 Å². The summed E-state index contributed by atoms with van der Waals surface area (Å²) in [6.07, 6.45) is -4.89. The second kappa shape index (κ2) is 5.67. The van der Waals surface area contributed by atoms with E-state index in [0.29, 0.717) is 6.92 Å². The van der Waals surface area contributed by atoms with Gasteiger partial charge in [0.25, 0.3) is 0 Å². The number of benzene rings is 1. The minimum absolute atomic E-state index is 0.0468. The van der Waals surface area contributed by atoms with E-state index in [2.05, 4.69) is 10.6 Å². The number of aliphatic hydroxyl groups is 1. The van der Waals surface area contributed by atoms with Crippen molar-refractivity contribution in [1.82, 2.24) is 5.32 Å². The van der Waals surface area contributed by atoms with Gasteiger partial charge in [0.05, 0.1) is 15.7 Å². The molecule has 0 radical (unpaired) electrons. The molecule has 1 unspecified atom stereocenters. The smallest absolute Gasteiger partial charge is 0.376 e. The number of amides is 2. The summed E-state index contributed by atoms with van der Waals surface area (Å²) >= 11 is 11.6. The van der Waals surface area contributed by atoms with Crippen LogP contribution in [0.2, 0.25) is 10.0 Å². The van der Waals surface area contributed by atoms with Gasteiger partial charge < -0.3 is 15.7 Å². The average Bonchev–Trinajstić information content (AvgIpc) is 2.31. The fourth-order valence-corrected chi connectivity index (χ4v) is 1.89. The topological polar surface area (TPSA) is 61.4 Å². The fraction of sp³-hybridized carbons (Fsp3) is 0.364. The molecule has 1 aromatic rings. The standard InChI is InChI=1S/C11H11Cl2F3N2O2/c1-10(20,11(14,15)16)5-3-6(12)8(7(13)4-5)18-9(19)17-2/h3-4,20H,1-2H3,(H2,17,18,19). The summed E-state index contributed by atoms with van der Waals surface area (Å²) in [7, 11) is 1.35. The van der Waals surface area contributed by atoms with Gasteiger partial charge in [0.2, 0.25) is 0 Å². The third-order valence-electron chi connectivity index (χ3n) is 2.62. The van der Waals surface area contributed by atoms with Crippen molar-refractivity contribution in [3.8, 4) is 0 Å². The minimum Gasteiger partial charge on any atom is -0.376 e. The Labute approximate surface area is 122 Å². The molecule has 1 rings (SSSR count). The maximum Gasteiger partial charge on any atom is 0.421 e. The second-order valence-electron chi connectivity index (χ2n) is 4.09. The van der Waals surface area contributed by atoms with Gasteiger partial charge in [-0.15, -0.1) is 0 Å². The molecule has 9 heteroatoms. The molecule has 112 valence electrons. The van der Waals surface area contributed by atoms with Crippen molar-refractivity contribution < 1.29 is 23.1 Å². The van der Waals surface area contributed by atoms with Gasteiger partial charge in [0.15, 0.2) is 5.60 Å². The molecule has 1 aromatic carbocycles. The SMILES string of the molecule is CNC(=O)Nc1c(Cl)cc(C(C)(O)C(F)(F)F)cc1Cl. The van der Waals surface area contributed by atoms with Crippen LogP contribution in [-0.2, 0) is 5.60 Å². The summed E-state index contributed by atoms with van der Waals surface area (Å²) in [5.41, 5.74) is -3.68. The van der Waals surface area contributed by atoms with Crippen LogP contribution in [0.15, 0.2) is 12.1 Å². The lowest BCUT2D eigenvalue weighted by atomic mass is 9.95. The number of carbonyl (C=O) groups is 1. The van der Waals surface area contributed by atoms with Crippen molar-refractivity contribution in [2.24, 2.45) is 0 Å². The first-order chi connectivity index (χ1) is 9.00. The van der Waals surface area contributed by atoms with E-state index in [4.69, 9.17) is 23.2 Å². The zero-order valence-electron chi connectivity index (χ0n) is 10.4. The molecular weight excluding hydrogens is 320 g/mol. The Morgan fingerprint density at radius 1 is 1.25 bits per heavy atom. The van der Waals surface area contributed by atoms with E-state index in [0.717, 1.165) is 12.1 Å². The van der Waals surface area contributed by atoms with Crippen LogP contribution in [0, 0.1) is 0 Å². The van der Waals surface area contributed by atoms with Crippen molar-refractivity contribution in [3.05, 3.63) is 27.7 Å². The van der Waals surface area contributed by atoms with Crippen molar-refractivity contribution in [1.29, 1.82) is 0 Å². The van der Waals surface area contributed by atoms with Gasteiger partial charge in [0.1, 0.15) is 0 Å². The Morgan fingerprint density at radius 2 is 1.70 bits per heavy atom. The number of anilines is 1. The second-order valence-corrected chi connectivity index (χ2v) is 4.90. The molecule has 0 saturated carbocycles. The van der Waals surface area contributed by atoms with E-state index in [-0.39, 0.29) is 15.7 Å². The lowest BCUT2D eigenvalue weighted by molar-refractivity contribution is -0.258. The summed E-state index contributed by atoms with van der Waals surface area (Å²) in [6, 6.07) is 1.16. The van der Waals surface area contributed by atoms with Gasteiger partial charge in [-0.3, -0.25) is 0 Å². The highest BCUT2D eigenvalue weighted by Gasteiger charge is 2.51. The third-order valence-corrected chi connectivity index (χ3v) is 3.22. The molecule has 0 aliphatic rings. The van der Waals surface area contributed by atoms with Gasteiger partial charge in [-0.2, -0.15) is 13.2 Å². The normalized spacial score (nSPS) is 14.6. The van der Waals surface area contributed by atoms with Crippen molar-refractivity contribution in [3.63, 3.8) is 0 Å². The summed E-state index contributed by atoms with van der Waals surface area (Å²) < 4.78 is 38.2. The van der Waals surface area contributed by atoms with Crippen LogP contribution >= 0.6 is 23.2 Å². The molecule has 0 saturated heterocycles. The molecule has 2 amide bonds. The average molecular weight is 331 g/mol. The van der Waals surface area contributed by atoms with Crippen LogP contribution in [0.4, 0.5) is 23.7 Å². The van der Waals surface area contributed by atoms with E-state index in [1.165, 1.54) is 7.05 Å². The first kappa shape index (κ1) is 16.9. The van der Waals surface area contributed by atoms with Gasteiger partial charge in [-0.05, 0) is 24.6 Å². The Kier molecular flexibility index (Phi) is 4.78. The molecule has 0 bridgehead atoms. The largest absolute Gasteiger partial charge is 0.421 e. The quantitative estimate of drug-likeness (QED) is 0.777. The number of urea groups is 1. The Balaban J connectivity index is 3.27. The van der Waals surface area contributed by atoms with E-state index < -0.39 is 23.4 Å². The van der Waals surface area contributed by atoms with Gasteiger partial charge >= 0.3 is 12.2 Å². The summed E-state index contributed by atoms with van der Waals surface area (Å²) in [5, 5.41) is 13.6. The van der Waals surface area contributed by atoms with Crippen LogP contribution in [0.5, 0.6) is 0 Å². The molecule has 20 heavy (non-hydrogen) atoms. The molecule has 0 aliphatic heterocycles. The highest BCUT2D eigenvalue weighted by Crippen LogP contribution is 2.42. The highest BCUT2D eigenvalue weighted by molar-refractivity contribution is 6.39. The molecular formula is C11H11Cl2F3N2O2. The summed E-state index contributed by atoms with van der Waals surface area (Å²) in [4.78, 5) is 11.2. The maximum absolute atomic E-state index is 12.7. The maximum atomic E-state index is 12.7. The summed E-state index contributed by atoms with van der Waals surface area (Å²) in [5.74, 6) is 0. The van der Waals surface area contributed by atoms with Crippen molar-refractivity contribution in [2.45, 2.75) is 18.7 Å². The number of nitrogens with one attached hydrogen (secondary N) is 2. The Morgan fingerprint density at radius 3 is 2.05 bits per heavy atom. The van der Waals surface area contributed by atoms with Crippen LogP contribution in [-0.4, -0.2) is 24.4 Å². The molecule has 0 fully saturated rings. The molecule has 0 aromatic heterocycles. The minimum atomic E-state index is -4.89. The van der Waals surface area contributed by atoms with E-state index in [9.17, 15) is 23.1 Å². The Bertz CT molecular complexity index is 510. The lowest BCUT2D eigenvalue weighted by Crippen LogP contribution is -2.39. The zero-order chi connectivity index (χ0) is 15.7. The van der Waals surface area contributed by atoms with Crippen LogP contribution < -0.4 is 10.6 Å².